The van der Waals surface area contributed by atoms with E-state index in [9.17, 15) is 0 Å². The molecule has 1 heterocycles. The van der Waals surface area contributed by atoms with Crippen LogP contribution in [0.5, 0.6) is 0 Å². The number of rotatable bonds is 8. The molecule has 0 saturated carbocycles. The Bertz CT molecular complexity index is 1060. The maximum Gasteiger partial charge on any atom is 0.346 e. The lowest BCUT2D eigenvalue weighted by atomic mass is 9.92. The third-order valence-electron chi connectivity index (χ3n) is 7.07. The van der Waals surface area contributed by atoms with Gasteiger partial charge in [-0.25, -0.2) is 4.90 Å². The zero-order valence-corrected chi connectivity index (χ0v) is 24.7. The Morgan fingerprint density at radius 2 is 0.778 bits per heavy atom. The Balaban J connectivity index is 2.57. The molecule has 4 heteroatoms. The first-order valence-electron chi connectivity index (χ1n) is 13.5. The fraction of sp³-hybridized carbons (Fsp3) is 0.500. The van der Waals surface area contributed by atoms with Gasteiger partial charge >= 0.3 is 12.1 Å². The van der Waals surface area contributed by atoms with Crippen molar-refractivity contribution in [2.45, 2.75) is 79.1 Å². The molecule has 0 spiro atoms. The molecule has 0 aliphatic carbocycles. The molecule has 0 fully saturated rings. The molecule has 194 valence electrons. The van der Waals surface area contributed by atoms with E-state index in [0.717, 1.165) is 11.6 Å². The van der Waals surface area contributed by atoms with Crippen LogP contribution in [0.1, 0.15) is 101 Å². The fourth-order valence-corrected chi connectivity index (χ4v) is 5.10. The summed E-state index contributed by atoms with van der Waals surface area (Å²) in [6.07, 6.45) is 2.34. The van der Waals surface area contributed by atoms with E-state index in [1.165, 1.54) is 33.6 Å². The smallest absolute Gasteiger partial charge is 0.338 e. The Hall–Kier alpha value is -2.88. The minimum atomic E-state index is 0.414. The highest BCUT2D eigenvalue weighted by atomic mass is 15.3. The molecule has 36 heavy (non-hydrogen) atoms. The number of nitrogens with zero attached hydrogens (tertiary/aromatic N) is 4. The molecule has 1 aromatic heterocycles. The van der Waals surface area contributed by atoms with Crippen LogP contribution in [0, 0.1) is 0 Å². The monoisotopic (exact) mass is 488 g/mol. The third kappa shape index (κ3) is 5.28. The molecule has 3 rings (SSSR count). The number of hydrogen-bond donors (Lipinski definition) is 0. The van der Waals surface area contributed by atoms with Crippen molar-refractivity contribution in [3.63, 3.8) is 0 Å². The lowest BCUT2D eigenvalue weighted by Crippen LogP contribution is -2.51. The van der Waals surface area contributed by atoms with Gasteiger partial charge in [0.05, 0.1) is 14.1 Å². The van der Waals surface area contributed by atoms with Crippen LogP contribution in [0.2, 0.25) is 0 Å². The largest absolute Gasteiger partial charge is 0.346 e. The van der Waals surface area contributed by atoms with Crippen LogP contribution in [-0.2, 0) is 0 Å². The predicted molar refractivity (Wildman–Crippen MR) is 155 cm³/mol. The summed E-state index contributed by atoms with van der Waals surface area (Å²) in [7, 11) is 8.57. The second kappa shape index (κ2) is 11.0. The molecule has 0 aliphatic heterocycles. The van der Waals surface area contributed by atoms with Crippen molar-refractivity contribution in [2.75, 3.05) is 38.0 Å². The fourth-order valence-electron chi connectivity index (χ4n) is 5.10. The minimum absolute atomic E-state index is 0.414. The van der Waals surface area contributed by atoms with Gasteiger partial charge in [-0.3, -0.25) is 0 Å². The van der Waals surface area contributed by atoms with E-state index in [2.05, 4.69) is 151 Å². The van der Waals surface area contributed by atoms with Crippen LogP contribution in [0.25, 0.3) is 11.4 Å². The molecule has 0 amide bonds. The predicted octanol–water partition coefficient (Wildman–Crippen LogP) is 6.87. The molecule has 0 radical (unpaired) electrons. The van der Waals surface area contributed by atoms with Crippen LogP contribution in [0.3, 0.4) is 0 Å². The first kappa shape index (κ1) is 27.7. The van der Waals surface area contributed by atoms with Gasteiger partial charge in [-0.1, -0.05) is 91.8 Å². The van der Waals surface area contributed by atoms with Gasteiger partial charge < -0.3 is 4.90 Å². The molecule has 4 nitrogen and oxygen atoms in total. The van der Waals surface area contributed by atoms with Crippen LogP contribution in [-0.4, -0.2) is 28.2 Å². The summed E-state index contributed by atoms with van der Waals surface area (Å²) in [6.45, 7) is 18.4. The summed E-state index contributed by atoms with van der Waals surface area (Å²) in [5.74, 6) is 3.99. The van der Waals surface area contributed by atoms with Gasteiger partial charge in [-0.2, -0.15) is 0 Å². The lowest BCUT2D eigenvalue weighted by Gasteiger charge is -2.23. The van der Waals surface area contributed by atoms with Crippen LogP contribution >= 0.6 is 0 Å². The van der Waals surface area contributed by atoms with Crippen molar-refractivity contribution in [3.8, 4) is 11.4 Å². The molecule has 0 bridgehead atoms. The topological polar surface area (TPSA) is 14.2 Å². The number of para-hydroxylation sites is 2. The Labute approximate surface area is 220 Å². The molecule has 0 atom stereocenters. The van der Waals surface area contributed by atoms with Gasteiger partial charge in [0, 0.05) is 36.3 Å². The first-order valence-corrected chi connectivity index (χ1v) is 13.5. The van der Waals surface area contributed by atoms with E-state index in [-0.39, 0.29) is 0 Å². The van der Waals surface area contributed by atoms with Crippen molar-refractivity contribution in [1.29, 1.82) is 0 Å². The highest BCUT2D eigenvalue weighted by Gasteiger charge is 2.33. The van der Waals surface area contributed by atoms with E-state index in [1.54, 1.807) is 0 Å². The van der Waals surface area contributed by atoms with Crippen molar-refractivity contribution < 1.29 is 9.13 Å². The quantitative estimate of drug-likeness (QED) is 0.321. The van der Waals surface area contributed by atoms with E-state index < -0.39 is 0 Å². The standard InChI is InChI=1S/C32H48N4/c1-21(2)25-15-13-16-26(22(3)4)31(25)35-20-36(30(34(11)12)19-29(35)33(9)10)32-27(23(5)6)17-14-18-28(32)24(7)8/h13-24H,1-12H3/q+2. The maximum atomic E-state index is 2.43. The highest BCUT2D eigenvalue weighted by molar-refractivity contribution is 5.52. The zero-order valence-electron chi connectivity index (χ0n) is 24.7. The second-order valence-electron chi connectivity index (χ2n) is 11.7. The summed E-state index contributed by atoms with van der Waals surface area (Å²) < 4.78 is 4.86. The minimum Gasteiger partial charge on any atom is -0.338 e. The summed E-state index contributed by atoms with van der Waals surface area (Å²) in [6, 6.07) is 16.0. The first-order chi connectivity index (χ1) is 16.9. The zero-order chi connectivity index (χ0) is 26.9. The summed E-state index contributed by atoms with van der Waals surface area (Å²) in [5, 5.41) is 0. The number of benzene rings is 2. The van der Waals surface area contributed by atoms with Gasteiger partial charge in [0.25, 0.3) is 0 Å². The van der Waals surface area contributed by atoms with Crippen LogP contribution in [0.15, 0.2) is 48.8 Å². The van der Waals surface area contributed by atoms with Gasteiger partial charge in [0.1, 0.15) is 6.07 Å². The molecule has 0 unspecified atom stereocenters. The summed E-state index contributed by atoms with van der Waals surface area (Å²) in [5.41, 5.74) is 8.11. The summed E-state index contributed by atoms with van der Waals surface area (Å²) in [4.78, 5) is 4.46. The van der Waals surface area contributed by atoms with Gasteiger partial charge in [0.15, 0.2) is 11.4 Å². The molecule has 0 saturated heterocycles. The van der Waals surface area contributed by atoms with Crippen LogP contribution in [0.4, 0.5) is 11.6 Å². The van der Waals surface area contributed by atoms with Crippen molar-refractivity contribution >= 4 is 11.6 Å². The van der Waals surface area contributed by atoms with Crippen molar-refractivity contribution in [3.05, 3.63) is 71.0 Å². The average molecular weight is 489 g/mol. The Morgan fingerprint density at radius 1 is 0.500 bits per heavy atom. The number of anilines is 2. The molecule has 2 aromatic carbocycles. The van der Waals surface area contributed by atoms with E-state index in [4.69, 9.17) is 0 Å². The van der Waals surface area contributed by atoms with Crippen molar-refractivity contribution in [1.82, 2.24) is 0 Å². The SMILES string of the molecule is CC(C)c1cccc(C(C)C)c1-[n+]1c[n+](-c2c(C(C)C)cccc2C(C)C)c(N(C)C)cc1N(C)C. The second-order valence-corrected chi connectivity index (χ2v) is 11.7. The van der Waals surface area contributed by atoms with E-state index >= 15 is 0 Å². The highest BCUT2D eigenvalue weighted by Crippen LogP contribution is 2.32. The molecular formula is C32H48N4+2. The number of hydrogen-bond acceptors (Lipinski definition) is 2. The normalized spacial score (nSPS) is 11.8. The maximum absolute atomic E-state index is 2.43. The summed E-state index contributed by atoms with van der Waals surface area (Å²) >= 11 is 0. The number of aromatic nitrogens is 2. The third-order valence-corrected chi connectivity index (χ3v) is 7.07. The molecule has 0 aliphatic rings. The van der Waals surface area contributed by atoms with Crippen molar-refractivity contribution in [2.24, 2.45) is 0 Å². The van der Waals surface area contributed by atoms with Gasteiger partial charge in [-0.05, 0) is 23.7 Å². The molecule has 0 N–H and O–H groups in total. The van der Waals surface area contributed by atoms with E-state index in [1.807, 2.05) is 0 Å². The average Bonchev–Trinajstić information content (AvgIpc) is 2.81. The Morgan fingerprint density at radius 3 is 1.00 bits per heavy atom. The molecule has 3 aromatic rings. The van der Waals surface area contributed by atoms with Gasteiger partial charge in [-0.15, -0.1) is 9.13 Å². The van der Waals surface area contributed by atoms with Crippen LogP contribution < -0.4 is 18.9 Å². The Kier molecular flexibility index (Phi) is 8.48. The lowest BCUT2D eigenvalue weighted by molar-refractivity contribution is -0.722. The molecular weight excluding hydrogens is 440 g/mol. The van der Waals surface area contributed by atoms with E-state index in [0.29, 0.717) is 23.7 Å². The van der Waals surface area contributed by atoms with Gasteiger partial charge in [0.2, 0.25) is 5.82 Å².